The zero-order valence-corrected chi connectivity index (χ0v) is 20.7. The summed E-state index contributed by atoms with van der Waals surface area (Å²) in [5.74, 6) is 2.60. The third-order valence-electron chi connectivity index (χ3n) is 8.20. The molecule has 2 aliphatic rings. The van der Waals surface area contributed by atoms with E-state index in [1.54, 1.807) is 24.3 Å². The Balaban J connectivity index is 1.22. The van der Waals surface area contributed by atoms with E-state index < -0.39 is 0 Å². The highest BCUT2D eigenvalue weighted by Gasteiger charge is 2.29. The van der Waals surface area contributed by atoms with Crippen LogP contribution < -0.4 is 4.74 Å². The molecule has 2 fully saturated rings. The van der Waals surface area contributed by atoms with E-state index in [0.29, 0.717) is 17.2 Å². The minimum atomic E-state index is -0.135. The van der Waals surface area contributed by atoms with Gasteiger partial charge < -0.3 is 4.74 Å². The van der Waals surface area contributed by atoms with E-state index in [2.05, 4.69) is 37.3 Å². The number of carbonyl (C=O) groups is 1. The maximum absolute atomic E-state index is 12.6. The number of rotatable bonds is 8. The Labute approximate surface area is 205 Å². The van der Waals surface area contributed by atoms with Crippen LogP contribution in [-0.4, -0.2) is 5.97 Å². The zero-order chi connectivity index (χ0) is 23.8. The van der Waals surface area contributed by atoms with Crippen LogP contribution in [0.3, 0.4) is 0 Å². The van der Waals surface area contributed by atoms with Crippen LogP contribution in [0.4, 0.5) is 0 Å². The van der Waals surface area contributed by atoms with Crippen molar-refractivity contribution in [3.63, 3.8) is 0 Å². The predicted molar refractivity (Wildman–Crippen MR) is 137 cm³/mol. The standard InChI is InChI=1S/C31H39NO2/c1-2-3-4-5-23-6-10-25(11-7-23)26-12-14-27(15-13-26)28-16-18-29(19-17-28)31(33)34-30-20-8-24(22-32)9-21-30/h8-9,12-15,20-21,23,25,28-29H,2-7,10-11,16-19H2,1H3/t23-,25-,28-,29-. The molecule has 0 spiro atoms. The number of nitriles is 1. The monoisotopic (exact) mass is 457 g/mol. The van der Waals surface area contributed by atoms with Crippen molar-refractivity contribution < 1.29 is 9.53 Å². The van der Waals surface area contributed by atoms with Gasteiger partial charge in [0.15, 0.2) is 0 Å². The molecule has 0 saturated heterocycles. The van der Waals surface area contributed by atoms with Gasteiger partial charge in [-0.15, -0.1) is 0 Å². The topological polar surface area (TPSA) is 50.1 Å². The lowest BCUT2D eigenvalue weighted by Gasteiger charge is -2.30. The highest BCUT2D eigenvalue weighted by atomic mass is 16.5. The molecular formula is C31H39NO2. The van der Waals surface area contributed by atoms with E-state index >= 15 is 0 Å². The van der Waals surface area contributed by atoms with Gasteiger partial charge in [-0.05, 0) is 105 Å². The van der Waals surface area contributed by atoms with Crippen LogP contribution in [0.15, 0.2) is 48.5 Å². The van der Waals surface area contributed by atoms with Gasteiger partial charge in [0.05, 0.1) is 17.6 Å². The molecule has 0 aromatic heterocycles. The molecule has 0 amide bonds. The minimum Gasteiger partial charge on any atom is -0.426 e. The molecule has 0 aliphatic heterocycles. The zero-order valence-electron chi connectivity index (χ0n) is 20.7. The first-order valence-electron chi connectivity index (χ1n) is 13.5. The molecule has 3 nitrogen and oxygen atoms in total. The van der Waals surface area contributed by atoms with Gasteiger partial charge in [0.25, 0.3) is 0 Å². The average Bonchev–Trinajstić information content (AvgIpc) is 2.90. The van der Waals surface area contributed by atoms with E-state index in [9.17, 15) is 4.79 Å². The van der Waals surface area contributed by atoms with Crippen LogP contribution in [0.5, 0.6) is 5.75 Å². The smallest absolute Gasteiger partial charge is 0.314 e. The second-order valence-corrected chi connectivity index (χ2v) is 10.5. The van der Waals surface area contributed by atoms with Crippen molar-refractivity contribution in [2.24, 2.45) is 11.8 Å². The Bertz CT molecular complexity index is 940. The van der Waals surface area contributed by atoms with Gasteiger partial charge in [0.1, 0.15) is 5.75 Å². The Morgan fingerprint density at radius 3 is 1.91 bits per heavy atom. The van der Waals surface area contributed by atoms with Crippen LogP contribution >= 0.6 is 0 Å². The second-order valence-electron chi connectivity index (χ2n) is 10.5. The minimum absolute atomic E-state index is 0.0290. The lowest BCUT2D eigenvalue weighted by molar-refractivity contribution is -0.140. The SMILES string of the molecule is CCCCC[C@H]1CC[C@H](c2ccc([C@H]3CC[C@H](C(=O)Oc4ccc(C#N)cc4)CC3)cc2)CC1. The summed E-state index contributed by atoms with van der Waals surface area (Å²) in [6, 6.07) is 18.3. The number of hydrogen-bond donors (Lipinski definition) is 0. The normalized spacial score (nSPS) is 24.8. The van der Waals surface area contributed by atoms with E-state index in [4.69, 9.17) is 10.00 Å². The Morgan fingerprint density at radius 2 is 1.38 bits per heavy atom. The summed E-state index contributed by atoms with van der Waals surface area (Å²) < 4.78 is 5.56. The summed E-state index contributed by atoms with van der Waals surface area (Å²) in [6.45, 7) is 2.29. The van der Waals surface area contributed by atoms with Gasteiger partial charge in [-0.1, -0.05) is 56.9 Å². The van der Waals surface area contributed by atoms with Crippen molar-refractivity contribution >= 4 is 5.97 Å². The molecule has 180 valence electrons. The summed E-state index contributed by atoms with van der Waals surface area (Å²) in [4.78, 5) is 12.6. The fraction of sp³-hybridized carbons (Fsp3) is 0.548. The molecule has 0 bridgehead atoms. The summed E-state index contributed by atoms with van der Waals surface area (Å²) in [6.07, 6.45) is 14.9. The van der Waals surface area contributed by atoms with Crippen molar-refractivity contribution in [1.82, 2.24) is 0 Å². The van der Waals surface area contributed by atoms with Crippen LogP contribution in [-0.2, 0) is 4.79 Å². The molecule has 4 rings (SSSR count). The fourth-order valence-corrected chi connectivity index (χ4v) is 5.97. The number of nitrogens with zero attached hydrogens (tertiary/aromatic N) is 1. The van der Waals surface area contributed by atoms with Crippen molar-refractivity contribution in [2.75, 3.05) is 0 Å². The molecular weight excluding hydrogens is 418 g/mol. The van der Waals surface area contributed by atoms with Crippen molar-refractivity contribution in [3.8, 4) is 11.8 Å². The van der Waals surface area contributed by atoms with Gasteiger partial charge in [-0.2, -0.15) is 5.26 Å². The molecule has 2 aromatic rings. The van der Waals surface area contributed by atoms with Gasteiger partial charge in [-0.3, -0.25) is 4.79 Å². The molecule has 0 N–H and O–H groups in total. The van der Waals surface area contributed by atoms with E-state index in [1.165, 1.54) is 62.5 Å². The Kier molecular flexibility index (Phi) is 8.80. The molecule has 0 atom stereocenters. The van der Waals surface area contributed by atoms with Crippen LogP contribution in [0, 0.1) is 23.2 Å². The van der Waals surface area contributed by atoms with Gasteiger partial charge >= 0.3 is 5.97 Å². The largest absolute Gasteiger partial charge is 0.426 e. The first-order valence-corrected chi connectivity index (χ1v) is 13.5. The van der Waals surface area contributed by atoms with E-state index in [0.717, 1.165) is 37.5 Å². The molecule has 2 saturated carbocycles. The third kappa shape index (κ3) is 6.50. The molecule has 3 heteroatoms. The lowest BCUT2D eigenvalue weighted by atomic mass is 9.76. The second kappa shape index (κ2) is 12.2. The van der Waals surface area contributed by atoms with Gasteiger partial charge in [0, 0.05) is 0 Å². The van der Waals surface area contributed by atoms with Crippen LogP contribution in [0.1, 0.15) is 112 Å². The molecule has 2 aromatic carbocycles. The van der Waals surface area contributed by atoms with E-state index in [-0.39, 0.29) is 11.9 Å². The molecule has 34 heavy (non-hydrogen) atoms. The Hall–Kier alpha value is -2.60. The molecule has 2 aliphatic carbocycles. The van der Waals surface area contributed by atoms with E-state index in [1.807, 2.05) is 0 Å². The number of hydrogen-bond acceptors (Lipinski definition) is 3. The molecule has 0 radical (unpaired) electrons. The number of unbranched alkanes of at least 4 members (excludes halogenated alkanes) is 2. The van der Waals surface area contributed by atoms with Crippen molar-refractivity contribution in [2.45, 2.75) is 95.8 Å². The summed E-state index contributed by atoms with van der Waals surface area (Å²) >= 11 is 0. The summed E-state index contributed by atoms with van der Waals surface area (Å²) in [7, 11) is 0. The quantitative estimate of drug-likeness (QED) is 0.227. The first-order chi connectivity index (χ1) is 16.7. The Morgan fingerprint density at radius 1 is 0.824 bits per heavy atom. The number of benzene rings is 2. The third-order valence-corrected chi connectivity index (χ3v) is 8.20. The fourth-order valence-electron chi connectivity index (χ4n) is 5.97. The number of carbonyl (C=O) groups excluding carboxylic acids is 1. The molecule has 0 heterocycles. The van der Waals surface area contributed by atoms with Crippen molar-refractivity contribution in [1.29, 1.82) is 5.26 Å². The van der Waals surface area contributed by atoms with Crippen LogP contribution in [0.2, 0.25) is 0 Å². The number of ether oxygens (including phenoxy) is 1. The first kappa shape index (κ1) is 24.5. The van der Waals surface area contributed by atoms with Crippen molar-refractivity contribution in [3.05, 3.63) is 65.2 Å². The molecule has 0 unspecified atom stereocenters. The highest BCUT2D eigenvalue weighted by molar-refractivity contribution is 5.75. The van der Waals surface area contributed by atoms with Crippen LogP contribution in [0.25, 0.3) is 0 Å². The maximum atomic E-state index is 12.6. The van der Waals surface area contributed by atoms with Gasteiger partial charge in [-0.25, -0.2) is 0 Å². The summed E-state index contributed by atoms with van der Waals surface area (Å²) in [5.41, 5.74) is 3.52. The number of esters is 1. The van der Waals surface area contributed by atoms with Gasteiger partial charge in [0.2, 0.25) is 0 Å². The average molecular weight is 458 g/mol. The maximum Gasteiger partial charge on any atom is 0.314 e. The lowest BCUT2D eigenvalue weighted by Crippen LogP contribution is -2.25. The summed E-state index contributed by atoms with van der Waals surface area (Å²) in [5, 5.41) is 8.90. The predicted octanol–water partition coefficient (Wildman–Crippen LogP) is 8.29. The highest BCUT2D eigenvalue weighted by Crippen LogP contribution is 2.40.